The molecule has 2 aliphatic rings. The Morgan fingerprint density at radius 1 is 1.14 bits per heavy atom. The average Bonchev–Trinajstić information content (AvgIpc) is 3.61. The Balaban J connectivity index is 1.30. The highest BCUT2D eigenvalue weighted by Gasteiger charge is 2.26. The van der Waals surface area contributed by atoms with Gasteiger partial charge in [-0.3, -0.25) is 4.90 Å². The predicted octanol–water partition coefficient (Wildman–Crippen LogP) is 6.10. The Morgan fingerprint density at radius 2 is 1.92 bits per heavy atom. The van der Waals surface area contributed by atoms with Gasteiger partial charge in [-0.15, -0.1) is 0 Å². The maximum absolute atomic E-state index is 10.5. The monoisotopic (exact) mass is 516 g/mol. The number of H-pyrrole nitrogens is 1. The minimum absolute atomic E-state index is 0.241. The van der Waals surface area contributed by atoms with Gasteiger partial charge >= 0.3 is 0 Å². The van der Waals surface area contributed by atoms with Crippen molar-refractivity contribution in [1.82, 2.24) is 25.2 Å². The number of piperazine rings is 1. The molecule has 0 bridgehead atoms. The SMILES string of the molecule is Cc1ccc2c(-c3nc(Nc4cc(CN5C[C@@H](C)N[C@@H](C)C5)cc(C5CC5)c4)ncc3Cl)c[nH]c2c1O. The maximum atomic E-state index is 10.5. The van der Waals surface area contributed by atoms with Crippen LogP contribution >= 0.6 is 11.6 Å². The number of hydrogen-bond acceptors (Lipinski definition) is 6. The number of phenols is 1. The van der Waals surface area contributed by atoms with Gasteiger partial charge in [-0.1, -0.05) is 29.8 Å². The van der Waals surface area contributed by atoms with E-state index in [9.17, 15) is 5.11 Å². The molecule has 6 rings (SSSR count). The van der Waals surface area contributed by atoms with Gasteiger partial charge in [0.1, 0.15) is 5.75 Å². The van der Waals surface area contributed by atoms with E-state index in [0.29, 0.717) is 40.2 Å². The van der Waals surface area contributed by atoms with Crippen molar-refractivity contribution < 1.29 is 5.11 Å². The second-order valence-corrected chi connectivity index (χ2v) is 11.2. The molecule has 7 nitrogen and oxygen atoms in total. The molecule has 0 spiro atoms. The molecule has 2 fully saturated rings. The number of benzene rings is 2. The third-order valence-corrected chi connectivity index (χ3v) is 7.67. The Hall–Kier alpha value is -3.13. The molecule has 1 saturated carbocycles. The lowest BCUT2D eigenvalue weighted by Gasteiger charge is -2.36. The van der Waals surface area contributed by atoms with Crippen LogP contribution in [0.2, 0.25) is 5.02 Å². The first-order chi connectivity index (χ1) is 17.8. The summed E-state index contributed by atoms with van der Waals surface area (Å²) >= 11 is 6.55. The topological polar surface area (TPSA) is 89.1 Å². The molecule has 8 heteroatoms. The van der Waals surface area contributed by atoms with Gasteiger partial charge in [-0.25, -0.2) is 9.97 Å². The van der Waals surface area contributed by atoms with Crippen molar-refractivity contribution >= 4 is 34.1 Å². The highest BCUT2D eigenvalue weighted by Crippen LogP contribution is 2.42. The highest BCUT2D eigenvalue weighted by atomic mass is 35.5. The number of anilines is 2. The van der Waals surface area contributed by atoms with Crippen LogP contribution in [-0.4, -0.2) is 50.1 Å². The van der Waals surface area contributed by atoms with E-state index < -0.39 is 0 Å². The van der Waals surface area contributed by atoms with Gasteiger partial charge in [0, 0.05) is 54.6 Å². The minimum atomic E-state index is 0.241. The normalized spacial score (nSPS) is 20.4. The molecule has 0 amide bonds. The van der Waals surface area contributed by atoms with Crippen LogP contribution in [0.3, 0.4) is 0 Å². The Labute approximate surface area is 222 Å². The van der Waals surface area contributed by atoms with E-state index in [4.69, 9.17) is 16.6 Å². The van der Waals surface area contributed by atoms with Crippen LogP contribution in [0.4, 0.5) is 11.6 Å². The van der Waals surface area contributed by atoms with Gasteiger partial charge in [0.2, 0.25) is 5.95 Å². The van der Waals surface area contributed by atoms with E-state index in [1.807, 2.05) is 25.3 Å². The quantitative estimate of drug-likeness (QED) is 0.248. The van der Waals surface area contributed by atoms with Crippen LogP contribution in [-0.2, 0) is 6.54 Å². The molecule has 0 unspecified atom stereocenters. The second kappa shape index (κ2) is 9.63. The number of phenolic OH excluding ortho intramolecular Hbond substituents is 1. The fourth-order valence-electron chi connectivity index (χ4n) is 5.59. The molecule has 2 aromatic carbocycles. The third-order valence-electron chi connectivity index (χ3n) is 7.39. The molecule has 1 aliphatic carbocycles. The standard InChI is InChI=1S/C29H33ClN6O/c1-16-4-7-23-24(11-31-27(23)28(16)37)26-25(30)12-32-29(35-26)34-22-9-19(8-21(10-22)20-5-6-20)15-36-13-17(2)33-18(3)14-36/h4,7-12,17-18,20,31,33,37H,5-6,13-15H2,1-3H3,(H,32,34,35)/t17-,18+. The van der Waals surface area contributed by atoms with Gasteiger partial charge < -0.3 is 20.7 Å². The van der Waals surface area contributed by atoms with E-state index >= 15 is 0 Å². The first kappa shape index (κ1) is 24.2. The molecule has 4 N–H and O–H groups in total. The van der Waals surface area contributed by atoms with Crippen molar-refractivity contribution in [3.05, 3.63) is 64.4 Å². The summed E-state index contributed by atoms with van der Waals surface area (Å²) in [5.74, 6) is 1.38. The van der Waals surface area contributed by atoms with Gasteiger partial charge in [0.25, 0.3) is 0 Å². The summed E-state index contributed by atoms with van der Waals surface area (Å²) in [4.78, 5) is 15.0. The Kier molecular flexibility index (Phi) is 6.31. The molecular formula is C29H33ClN6O. The number of aromatic nitrogens is 3. The number of fused-ring (bicyclic) bond motifs is 1. The van der Waals surface area contributed by atoms with Crippen LogP contribution in [0.25, 0.3) is 22.2 Å². The zero-order chi connectivity index (χ0) is 25.7. The Bertz CT molecular complexity index is 1450. The van der Waals surface area contributed by atoms with Crippen LogP contribution in [0.15, 0.2) is 42.7 Å². The first-order valence-electron chi connectivity index (χ1n) is 13.1. The lowest BCUT2D eigenvalue weighted by atomic mass is 10.0. The van der Waals surface area contributed by atoms with Gasteiger partial charge in [0.15, 0.2) is 0 Å². The fourth-order valence-corrected chi connectivity index (χ4v) is 5.78. The average molecular weight is 517 g/mol. The summed E-state index contributed by atoms with van der Waals surface area (Å²) in [7, 11) is 0. The van der Waals surface area contributed by atoms with Crippen molar-refractivity contribution in [2.24, 2.45) is 0 Å². The van der Waals surface area contributed by atoms with E-state index in [1.54, 1.807) is 6.20 Å². The summed E-state index contributed by atoms with van der Waals surface area (Å²) < 4.78 is 0. The molecule has 192 valence electrons. The Morgan fingerprint density at radius 3 is 2.68 bits per heavy atom. The van der Waals surface area contributed by atoms with E-state index in [2.05, 4.69) is 57.5 Å². The summed E-state index contributed by atoms with van der Waals surface area (Å²) in [5.41, 5.74) is 6.63. The third kappa shape index (κ3) is 5.04. The molecule has 0 radical (unpaired) electrons. The van der Waals surface area contributed by atoms with Gasteiger partial charge in [-0.05, 0) is 68.4 Å². The number of nitrogens with zero attached hydrogens (tertiary/aromatic N) is 3. The molecular weight excluding hydrogens is 484 g/mol. The fraction of sp³-hybridized carbons (Fsp3) is 0.379. The smallest absolute Gasteiger partial charge is 0.227 e. The van der Waals surface area contributed by atoms with Crippen LogP contribution in [0.5, 0.6) is 5.75 Å². The van der Waals surface area contributed by atoms with Crippen molar-refractivity contribution in [2.75, 3.05) is 18.4 Å². The van der Waals surface area contributed by atoms with Crippen LogP contribution in [0.1, 0.15) is 49.3 Å². The minimum Gasteiger partial charge on any atom is -0.505 e. The predicted molar refractivity (Wildman–Crippen MR) is 150 cm³/mol. The number of aromatic hydroxyl groups is 1. The summed E-state index contributed by atoms with van der Waals surface area (Å²) in [5, 5.41) is 18.9. The zero-order valence-corrected chi connectivity index (χ0v) is 22.2. The van der Waals surface area contributed by atoms with Crippen molar-refractivity contribution in [1.29, 1.82) is 0 Å². The first-order valence-corrected chi connectivity index (χ1v) is 13.4. The summed E-state index contributed by atoms with van der Waals surface area (Å²) in [6.45, 7) is 9.40. The lowest BCUT2D eigenvalue weighted by Crippen LogP contribution is -2.53. The van der Waals surface area contributed by atoms with Crippen molar-refractivity contribution in [2.45, 2.75) is 58.2 Å². The molecule has 1 saturated heterocycles. The number of hydrogen-bond donors (Lipinski definition) is 4. The number of halogens is 1. The summed E-state index contributed by atoms with van der Waals surface area (Å²) in [6, 6.07) is 11.7. The number of rotatable bonds is 6. The van der Waals surface area contributed by atoms with E-state index in [-0.39, 0.29) is 5.75 Å². The van der Waals surface area contributed by atoms with E-state index in [1.165, 1.54) is 24.0 Å². The molecule has 4 aromatic rings. The lowest BCUT2D eigenvalue weighted by molar-refractivity contribution is 0.166. The highest BCUT2D eigenvalue weighted by molar-refractivity contribution is 6.33. The number of nitrogens with one attached hydrogen (secondary N) is 3. The largest absolute Gasteiger partial charge is 0.505 e. The second-order valence-electron chi connectivity index (χ2n) is 10.8. The zero-order valence-electron chi connectivity index (χ0n) is 21.5. The molecule has 2 atom stereocenters. The van der Waals surface area contributed by atoms with Crippen molar-refractivity contribution in [3.8, 4) is 17.0 Å². The number of aryl methyl sites for hydroxylation is 1. The van der Waals surface area contributed by atoms with Gasteiger partial charge in [-0.2, -0.15) is 0 Å². The molecule has 2 aromatic heterocycles. The van der Waals surface area contributed by atoms with E-state index in [0.717, 1.165) is 41.8 Å². The van der Waals surface area contributed by atoms with Gasteiger partial charge in [0.05, 0.1) is 22.4 Å². The summed E-state index contributed by atoms with van der Waals surface area (Å²) in [6.07, 6.45) is 5.97. The molecule has 37 heavy (non-hydrogen) atoms. The number of aromatic amines is 1. The van der Waals surface area contributed by atoms with Crippen LogP contribution < -0.4 is 10.6 Å². The maximum Gasteiger partial charge on any atom is 0.227 e. The van der Waals surface area contributed by atoms with Crippen molar-refractivity contribution in [3.63, 3.8) is 0 Å². The molecule has 1 aliphatic heterocycles. The van der Waals surface area contributed by atoms with Crippen LogP contribution in [0, 0.1) is 6.92 Å². The molecule has 3 heterocycles.